The molecule has 0 amide bonds. The third-order valence-corrected chi connectivity index (χ3v) is 9.83. The molecular weight excluding hydrogens is 601 g/mol. The van der Waals surface area contributed by atoms with Gasteiger partial charge in [0.15, 0.2) is 22.3 Å². The Kier molecular flexibility index (Phi) is 29.4. The van der Waals surface area contributed by atoms with Crippen molar-refractivity contribution < 1.29 is 24.4 Å². The highest BCUT2D eigenvalue weighted by atomic mass is 32.1. The van der Waals surface area contributed by atoms with Crippen LogP contribution in [0.2, 0.25) is 0 Å². The zero-order chi connectivity index (χ0) is 32.8. The molecule has 7 heteroatoms. The van der Waals surface area contributed by atoms with Gasteiger partial charge in [-0.05, 0) is 37.3 Å². The molecule has 0 aromatic carbocycles. The van der Waals surface area contributed by atoms with Crippen LogP contribution in [0.15, 0.2) is 0 Å². The quantitative estimate of drug-likeness (QED) is 0.0544. The molecule has 1 rings (SSSR count). The fourth-order valence-electron chi connectivity index (χ4n) is 6.30. The van der Waals surface area contributed by atoms with Crippen LogP contribution in [-0.2, 0) is 14.2 Å². The molecule has 0 bridgehead atoms. The van der Waals surface area contributed by atoms with E-state index in [-0.39, 0.29) is 13.2 Å². The SMILES string of the molecule is CCCCCCCCCCCCCCCC(=S)O[C@@H]1[C@H]([C@H](CO)OC(=S)CCCCCCCCCCCCCCC)OC[C@H]1O. The molecule has 2 N–H and O–H groups in total. The Bertz CT molecular complexity index is 691. The van der Waals surface area contributed by atoms with E-state index < -0.39 is 24.4 Å². The molecule has 0 unspecified atom stereocenters. The summed E-state index contributed by atoms with van der Waals surface area (Å²) in [5, 5.41) is 21.6. The first-order valence-electron chi connectivity index (χ1n) is 19.3. The average Bonchev–Trinajstić information content (AvgIpc) is 3.39. The third-order valence-electron chi connectivity index (χ3n) is 9.23. The maximum atomic E-state index is 10.5. The van der Waals surface area contributed by atoms with Gasteiger partial charge < -0.3 is 24.4 Å². The lowest BCUT2D eigenvalue weighted by atomic mass is 10.0. The summed E-state index contributed by atoms with van der Waals surface area (Å²) in [4.78, 5) is 0. The van der Waals surface area contributed by atoms with Crippen molar-refractivity contribution in [1.82, 2.24) is 0 Å². The Labute approximate surface area is 289 Å². The number of aliphatic hydroxyl groups is 2. The van der Waals surface area contributed by atoms with Crippen molar-refractivity contribution in [1.29, 1.82) is 0 Å². The van der Waals surface area contributed by atoms with E-state index in [4.69, 9.17) is 38.6 Å². The average molecular weight is 673 g/mol. The molecule has 0 aliphatic carbocycles. The Morgan fingerprint density at radius 1 is 0.600 bits per heavy atom. The normalized spacial score (nSPS) is 18.7. The Morgan fingerprint density at radius 2 is 0.956 bits per heavy atom. The molecule has 0 aromatic rings. The maximum Gasteiger partial charge on any atom is 0.160 e. The summed E-state index contributed by atoms with van der Waals surface area (Å²) in [6.07, 6.45) is 32.7. The Balaban J connectivity index is 2.13. The van der Waals surface area contributed by atoms with Gasteiger partial charge in [0, 0.05) is 12.8 Å². The van der Waals surface area contributed by atoms with E-state index in [1.807, 2.05) is 0 Å². The minimum absolute atomic E-state index is 0.141. The molecule has 1 aliphatic heterocycles. The fraction of sp³-hybridized carbons (Fsp3) is 0.947. The maximum absolute atomic E-state index is 10.5. The van der Waals surface area contributed by atoms with Crippen LogP contribution in [0.4, 0.5) is 0 Å². The largest absolute Gasteiger partial charge is 0.479 e. The fourth-order valence-corrected chi connectivity index (χ4v) is 6.83. The van der Waals surface area contributed by atoms with Gasteiger partial charge >= 0.3 is 0 Å². The van der Waals surface area contributed by atoms with Crippen LogP contribution in [0.3, 0.4) is 0 Å². The van der Waals surface area contributed by atoms with E-state index in [0.717, 1.165) is 25.7 Å². The van der Waals surface area contributed by atoms with Crippen molar-refractivity contribution in [3.05, 3.63) is 0 Å². The summed E-state index contributed by atoms with van der Waals surface area (Å²) < 4.78 is 17.8. The van der Waals surface area contributed by atoms with E-state index in [9.17, 15) is 10.2 Å². The first kappa shape index (κ1) is 42.7. The van der Waals surface area contributed by atoms with Gasteiger partial charge in [-0.1, -0.05) is 168 Å². The van der Waals surface area contributed by atoms with Gasteiger partial charge in [0.1, 0.15) is 12.2 Å². The van der Waals surface area contributed by atoms with Crippen LogP contribution in [-0.4, -0.2) is 57.9 Å². The van der Waals surface area contributed by atoms with E-state index >= 15 is 0 Å². The van der Waals surface area contributed by atoms with Crippen LogP contribution in [0.5, 0.6) is 0 Å². The Hall–Kier alpha value is -0.340. The lowest BCUT2D eigenvalue weighted by Crippen LogP contribution is -2.45. The van der Waals surface area contributed by atoms with Crippen LogP contribution in [0, 0.1) is 0 Å². The number of hydrogen-bond acceptors (Lipinski definition) is 7. The molecule has 1 aliphatic rings. The van der Waals surface area contributed by atoms with Crippen molar-refractivity contribution in [3.8, 4) is 0 Å². The van der Waals surface area contributed by atoms with Gasteiger partial charge in [-0.3, -0.25) is 0 Å². The van der Waals surface area contributed by atoms with Crippen LogP contribution < -0.4 is 0 Å². The summed E-state index contributed by atoms with van der Waals surface area (Å²) >= 11 is 11.0. The summed E-state index contributed by atoms with van der Waals surface area (Å²) in [5.41, 5.74) is 0. The monoisotopic (exact) mass is 672 g/mol. The number of hydrogen-bond donors (Lipinski definition) is 2. The van der Waals surface area contributed by atoms with E-state index in [1.165, 1.54) is 141 Å². The molecule has 5 nitrogen and oxygen atoms in total. The topological polar surface area (TPSA) is 68.2 Å². The molecule has 266 valence electrons. The second kappa shape index (κ2) is 31.0. The molecule has 1 heterocycles. The van der Waals surface area contributed by atoms with Crippen LogP contribution in [0.25, 0.3) is 0 Å². The minimum Gasteiger partial charge on any atom is -0.479 e. The van der Waals surface area contributed by atoms with Gasteiger partial charge in [-0.2, -0.15) is 0 Å². The Morgan fingerprint density at radius 3 is 1.33 bits per heavy atom. The summed E-state index contributed by atoms with van der Waals surface area (Å²) in [6.45, 7) is 4.43. The molecule has 0 saturated carbocycles. The zero-order valence-corrected chi connectivity index (χ0v) is 31.1. The zero-order valence-electron chi connectivity index (χ0n) is 29.5. The van der Waals surface area contributed by atoms with Gasteiger partial charge in [-0.15, -0.1) is 0 Å². The highest BCUT2D eigenvalue weighted by Gasteiger charge is 2.44. The van der Waals surface area contributed by atoms with Gasteiger partial charge in [0.25, 0.3) is 0 Å². The second-order valence-electron chi connectivity index (χ2n) is 13.5. The van der Waals surface area contributed by atoms with E-state index in [0.29, 0.717) is 22.9 Å². The second-order valence-corrected chi connectivity index (χ2v) is 14.4. The first-order valence-corrected chi connectivity index (χ1v) is 20.1. The number of rotatable bonds is 32. The number of unbranched alkanes of at least 4 members (excludes halogenated alkanes) is 24. The van der Waals surface area contributed by atoms with Crippen molar-refractivity contribution >= 4 is 34.5 Å². The van der Waals surface area contributed by atoms with Crippen molar-refractivity contribution in [2.75, 3.05) is 13.2 Å². The number of thiocarbonyl (C=S) groups is 2. The van der Waals surface area contributed by atoms with E-state index in [2.05, 4.69) is 13.8 Å². The lowest BCUT2D eigenvalue weighted by Gasteiger charge is -2.28. The van der Waals surface area contributed by atoms with Crippen molar-refractivity contribution in [2.45, 2.75) is 218 Å². The first-order chi connectivity index (χ1) is 22.0. The minimum atomic E-state index is -0.799. The molecular formula is C38H72O5S2. The predicted molar refractivity (Wildman–Crippen MR) is 198 cm³/mol. The lowest BCUT2D eigenvalue weighted by molar-refractivity contribution is -0.0577. The third kappa shape index (κ3) is 23.6. The van der Waals surface area contributed by atoms with Crippen LogP contribution >= 0.6 is 24.4 Å². The number of ether oxygens (including phenoxy) is 3. The highest BCUT2D eigenvalue weighted by molar-refractivity contribution is 7.80. The van der Waals surface area contributed by atoms with E-state index in [1.54, 1.807) is 0 Å². The molecule has 0 spiro atoms. The number of aliphatic hydroxyl groups excluding tert-OH is 2. The highest BCUT2D eigenvalue weighted by Crippen LogP contribution is 2.25. The smallest absolute Gasteiger partial charge is 0.160 e. The molecule has 0 radical (unpaired) electrons. The molecule has 45 heavy (non-hydrogen) atoms. The molecule has 1 saturated heterocycles. The van der Waals surface area contributed by atoms with Gasteiger partial charge in [-0.25, -0.2) is 0 Å². The van der Waals surface area contributed by atoms with Gasteiger partial charge in [0.05, 0.1) is 13.2 Å². The van der Waals surface area contributed by atoms with Crippen molar-refractivity contribution in [3.63, 3.8) is 0 Å². The summed E-state index contributed by atoms with van der Waals surface area (Å²) in [5.74, 6) is 0. The summed E-state index contributed by atoms with van der Waals surface area (Å²) in [7, 11) is 0. The predicted octanol–water partition coefficient (Wildman–Crippen LogP) is 11.1. The molecule has 4 atom stereocenters. The van der Waals surface area contributed by atoms with Gasteiger partial charge in [0.2, 0.25) is 0 Å². The molecule has 1 fully saturated rings. The summed E-state index contributed by atoms with van der Waals surface area (Å²) in [6, 6.07) is 0. The van der Waals surface area contributed by atoms with Crippen molar-refractivity contribution in [2.24, 2.45) is 0 Å². The molecule has 0 aromatic heterocycles. The van der Waals surface area contributed by atoms with Crippen LogP contribution in [0.1, 0.15) is 194 Å². The standard InChI is InChI=1S/C38H72O5S2/c1-3-5-7-9-11-13-15-17-19-21-23-25-27-29-35(44)42-34(31-39)38-37(33(40)32-41-38)43-36(45)30-28-26-24-22-20-18-16-14-12-10-8-6-4-2/h33-34,37-40H,3-32H2,1-2H3/t33-,34+,37+,38+/m1/s1.